The largest absolute Gasteiger partial charge is 0.416 e. The number of pyridine rings is 2. The van der Waals surface area contributed by atoms with Crippen molar-refractivity contribution in [2.45, 2.75) is 76.9 Å². The van der Waals surface area contributed by atoms with Crippen LogP contribution in [-0.2, 0) is 30.6 Å². The van der Waals surface area contributed by atoms with Crippen molar-refractivity contribution in [3.05, 3.63) is 70.2 Å². The normalized spacial score (nSPS) is 14.9. The van der Waals surface area contributed by atoms with Gasteiger partial charge in [-0.15, -0.1) is 5.10 Å². The van der Waals surface area contributed by atoms with Gasteiger partial charge in [-0.3, -0.25) is 19.4 Å². The highest BCUT2D eigenvalue weighted by molar-refractivity contribution is 5.91. The van der Waals surface area contributed by atoms with Gasteiger partial charge in [-0.1, -0.05) is 24.5 Å². The first-order valence-corrected chi connectivity index (χ1v) is 13.4. The molecule has 1 saturated carbocycles. The van der Waals surface area contributed by atoms with E-state index in [9.17, 15) is 31.9 Å². The van der Waals surface area contributed by atoms with E-state index in [4.69, 9.17) is 0 Å². The summed E-state index contributed by atoms with van der Waals surface area (Å²) in [4.78, 5) is 40.9. The fraction of sp³-hybridized carbons (Fsp3) is 0.481. The highest BCUT2D eigenvalue weighted by Gasteiger charge is 2.30. The predicted molar refractivity (Wildman–Crippen MR) is 140 cm³/mol. The fourth-order valence-corrected chi connectivity index (χ4v) is 4.71. The van der Waals surface area contributed by atoms with Gasteiger partial charge in [-0.05, 0) is 43.4 Å². The molecule has 0 aliphatic heterocycles. The lowest BCUT2D eigenvalue weighted by atomic mass is 9.87. The molecule has 41 heavy (non-hydrogen) atoms. The second-order valence-corrected chi connectivity index (χ2v) is 10.1. The number of hydrogen-bond donors (Lipinski definition) is 2. The lowest BCUT2D eigenvalue weighted by Gasteiger charge is -2.20. The first kappa shape index (κ1) is 29.9. The summed E-state index contributed by atoms with van der Waals surface area (Å²) in [6.07, 6.45) is 3.78. The van der Waals surface area contributed by atoms with Crippen molar-refractivity contribution in [2.75, 3.05) is 5.32 Å². The Morgan fingerprint density at radius 2 is 1.90 bits per heavy atom. The number of rotatable bonds is 11. The van der Waals surface area contributed by atoms with E-state index < -0.39 is 23.8 Å². The van der Waals surface area contributed by atoms with E-state index in [1.165, 1.54) is 29.4 Å². The Labute approximate surface area is 233 Å². The number of nitrogens with zero attached hydrogens (tertiary/aromatic N) is 5. The zero-order valence-electron chi connectivity index (χ0n) is 22.2. The minimum Gasteiger partial charge on any atom is -0.345 e. The number of aryl methyl sites for hydroxylation is 1. The average Bonchev–Trinajstić information content (AvgIpc) is 3.40. The molecule has 220 valence electrons. The minimum absolute atomic E-state index is 0.00879. The van der Waals surface area contributed by atoms with Crippen molar-refractivity contribution < 1.29 is 27.2 Å². The molecule has 0 saturated heterocycles. The third-order valence-electron chi connectivity index (χ3n) is 6.89. The molecule has 0 radical (unpaired) electrons. The van der Waals surface area contributed by atoms with Crippen molar-refractivity contribution in [3.8, 4) is 0 Å². The molecule has 1 aliphatic carbocycles. The molecule has 14 heteroatoms. The Bertz CT molecular complexity index is 1400. The molecular formula is C27H31F4N7O3. The van der Waals surface area contributed by atoms with Crippen molar-refractivity contribution in [1.29, 1.82) is 0 Å². The topological polar surface area (TPSA) is 124 Å². The molecule has 0 bridgehead atoms. The molecule has 10 nitrogen and oxygen atoms in total. The van der Waals surface area contributed by atoms with Crippen LogP contribution < -0.4 is 16.2 Å². The van der Waals surface area contributed by atoms with Crippen LogP contribution in [0.3, 0.4) is 0 Å². The van der Waals surface area contributed by atoms with Gasteiger partial charge in [0, 0.05) is 37.1 Å². The predicted octanol–water partition coefficient (Wildman–Crippen LogP) is 4.12. The molecule has 2 N–H and O–H groups in total. The third kappa shape index (κ3) is 8.95. The van der Waals surface area contributed by atoms with Crippen LogP contribution in [-0.4, -0.2) is 42.5 Å². The van der Waals surface area contributed by atoms with Gasteiger partial charge in [-0.25, -0.2) is 9.07 Å². The van der Waals surface area contributed by atoms with Gasteiger partial charge >= 0.3 is 6.18 Å². The zero-order chi connectivity index (χ0) is 29.4. The van der Waals surface area contributed by atoms with Gasteiger partial charge in [0.15, 0.2) is 5.69 Å². The van der Waals surface area contributed by atoms with E-state index in [-0.39, 0.29) is 48.9 Å². The number of nitrogens with one attached hydrogen (secondary N) is 2. The van der Waals surface area contributed by atoms with E-state index in [1.807, 2.05) is 0 Å². The molecule has 1 aliphatic rings. The molecule has 0 spiro atoms. The fourth-order valence-electron chi connectivity index (χ4n) is 4.71. The Kier molecular flexibility index (Phi) is 9.84. The summed E-state index contributed by atoms with van der Waals surface area (Å²) in [5.41, 5.74) is -0.980. The molecule has 0 aromatic carbocycles. The summed E-state index contributed by atoms with van der Waals surface area (Å²) in [6, 6.07) is 4.57. The van der Waals surface area contributed by atoms with Crippen molar-refractivity contribution in [2.24, 2.45) is 5.92 Å². The van der Waals surface area contributed by atoms with Crippen LogP contribution in [0.1, 0.15) is 66.7 Å². The summed E-state index contributed by atoms with van der Waals surface area (Å²) in [7, 11) is 0. The van der Waals surface area contributed by atoms with Gasteiger partial charge in [0.05, 0.1) is 30.5 Å². The van der Waals surface area contributed by atoms with E-state index >= 15 is 0 Å². The molecule has 3 aromatic heterocycles. The van der Waals surface area contributed by atoms with E-state index in [1.54, 1.807) is 6.07 Å². The van der Waals surface area contributed by atoms with Gasteiger partial charge < -0.3 is 15.2 Å². The van der Waals surface area contributed by atoms with Crippen molar-refractivity contribution >= 4 is 17.5 Å². The first-order chi connectivity index (χ1) is 19.6. The number of hydrogen-bond acceptors (Lipinski definition) is 6. The quantitative estimate of drug-likeness (QED) is 0.331. The maximum atomic E-state index is 14.6. The van der Waals surface area contributed by atoms with Gasteiger partial charge in [0.2, 0.25) is 5.91 Å². The van der Waals surface area contributed by atoms with Crippen molar-refractivity contribution in [3.63, 3.8) is 0 Å². The molecule has 1 fully saturated rings. The number of carbonyl (C=O) groups is 2. The van der Waals surface area contributed by atoms with Crippen LogP contribution >= 0.6 is 0 Å². The van der Waals surface area contributed by atoms with Gasteiger partial charge in [0.1, 0.15) is 6.17 Å². The van der Waals surface area contributed by atoms with E-state index in [0.717, 1.165) is 48.7 Å². The molecular weight excluding hydrogens is 546 g/mol. The number of amides is 2. The Morgan fingerprint density at radius 1 is 1.12 bits per heavy atom. The maximum Gasteiger partial charge on any atom is 0.416 e. The second kappa shape index (κ2) is 13.5. The summed E-state index contributed by atoms with van der Waals surface area (Å²) in [5.74, 6) is -0.447. The molecule has 3 aromatic rings. The molecule has 3 heterocycles. The zero-order valence-corrected chi connectivity index (χ0v) is 22.2. The summed E-state index contributed by atoms with van der Waals surface area (Å²) in [6.45, 7) is -0.402. The number of carbonyl (C=O) groups excluding carboxylic acids is 2. The smallest absolute Gasteiger partial charge is 0.345 e. The molecule has 1 atom stereocenters. The summed E-state index contributed by atoms with van der Waals surface area (Å²) >= 11 is 0. The minimum atomic E-state index is -4.53. The second-order valence-electron chi connectivity index (χ2n) is 10.1. The van der Waals surface area contributed by atoms with Gasteiger partial charge in [-0.2, -0.15) is 13.2 Å². The van der Waals surface area contributed by atoms with Crippen molar-refractivity contribution in [1.82, 2.24) is 29.9 Å². The van der Waals surface area contributed by atoms with Crippen LogP contribution in [0, 0.1) is 5.92 Å². The average molecular weight is 578 g/mol. The van der Waals surface area contributed by atoms with Crippen LogP contribution in [0.4, 0.5) is 23.2 Å². The lowest BCUT2D eigenvalue weighted by Crippen LogP contribution is -2.24. The molecule has 2 amide bonds. The van der Waals surface area contributed by atoms with Crippen LogP contribution in [0.15, 0.2) is 47.7 Å². The van der Waals surface area contributed by atoms with E-state index in [2.05, 4.69) is 25.9 Å². The summed E-state index contributed by atoms with van der Waals surface area (Å²) in [5, 5.41) is 12.6. The number of anilines is 1. The van der Waals surface area contributed by atoms with Crippen LogP contribution in [0.2, 0.25) is 0 Å². The standard InChI is InChI=1S/C27H31F4N7O3/c28-20(7-10-37-11-8-21(14-25(37)40)34-24(39)12-18-4-2-1-3-5-18)16-38-17-23(35-36-38)26(41)33-15-22-13-19(6-9-32-22)27(29,30)31/h6,8-9,11,13-14,17-18,20H,1-5,7,10,12,15-16H2,(H,33,41)(H,34,39). The maximum absolute atomic E-state index is 14.6. The third-order valence-corrected chi connectivity index (χ3v) is 6.89. The SMILES string of the molecule is O=C(CC1CCCCC1)Nc1ccn(CCC(F)Cn2cc(C(=O)NCc3cc(C(F)(F)F)ccn3)nn2)c(=O)c1. The summed E-state index contributed by atoms with van der Waals surface area (Å²) < 4.78 is 55.6. The Morgan fingerprint density at radius 3 is 2.63 bits per heavy atom. The van der Waals surface area contributed by atoms with Gasteiger partial charge in [0.25, 0.3) is 11.5 Å². The Hall–Kier alpha value is -4.10. The lowest BCUT2D eigenvalue weighted by molar-refractivity contribution is -0.137. The van der Waals surface area contributed by atoms with Crippen LogP contribution in [0.25, 0.3) is 0 Å². The highest BCUT2D eigenvalue weighted by Crippen LogP contribution is 2.29. The van der Waals surface area contributed by atoms with Crippen LogP contribution in [0.5, 0.6) is 0 Å². The highest BCUT2D eigenvalue weighted by atomic mass is 19.4. The molecule has 1 unspecified atom stereocenters. The first-order valence-electron chi connectivity index (χ1n) is 13.4. The number of alkyl halides is 4. The monoisotopic (exact) mass is 577 g/mol. The number of aromatic nitrogens is 5. The molecule has 4 rings (SSSR count). The van der Waals surface area contributed by atoms with E-state index in [0.29, 0.717) is 18.0 Å². The Balaban J connectivity index is 1.22. The number of halogens is 4.